The van der Waals surface area contributed by atoms with E-state index in [4.69, 9.17) is 0 Å². The van der Waals surface area contributed by atoms with Gasteiger partial charge in [0.2, 0.25) is 5.91 Å². The third-order valence-corrected chi connectivity index (χ3v) is 6.48. The van der Waals surface area contributed by atoms with Gasteiger partial charge in [0.1, 0.15) is 0 Å². The van der Waals surface area contributed by atoms with E-state index in [1.165, 1.54) is 32.1 Å². The highest BCUT2D eigenvalue weighted by Crippen LogP contribution is 2.42. The van der Waals surface area contributed by atoms with Crippen molar-refractivity contribution in [1.82, 2.24) is 10.2 Å². The highest BCUT2D eigenvalue weighted by atomic mass is 16.2. The number of amides is 1. The van der Waals surface area contributed by atoms with Crippen LogP contribution in [0.2, 0.25) is 0 Å². The van der Waals surface area contributed by atoms with Gasteiger partial charge in [0.15, 0.2) is 0 Å². The molecule has 0 aromatic heterocycles. The maximum atomic E-state index is 13.3. The SMILES string of the molecule is CC(C)C1NC2(CCCC2)C(=O)N1C1CCCC(C)C1C. The van der Waals surface area contributed by atoms with Crippen molar-refractivity contribution in [2.45, 2.75) is 90.4 Å². The molecule has 0 aromatic rings. The van der Waals surface area contributed by atoms with Gasteiger partial charge in [-0.25, -0.2) is 0 Å². The molecule has 120 valence electrons. The fourth-order valence-corrected chi connectivity index (χ4v) is 4.92. The van der Waals surface area contributed by atoms with Gasteiger partial charge in [-0.3, -0.25) is 10.1 Å². The molecule has 1 aliphatic heterocycles. The average molecular weight is 292 g/mol. The lowest BCUT2D eigenvalue weighted by molar-refractivity contribution is -0.138. The predicted molar refractivity (Wildman–Crippen MR) is 85.8 cm³/mol. The Morgan fingerprint density at radius 3 is 2.43 bits per heavy atom. The summed E-state index contributed by atoms with van der Waals surface area (Å²) in [5.74, 6) is 2.27. The Balaban J connectivity index is 1.88. The molecule has 21 heavy (non-hydrogen) atoms. The van der Waals surface area contributed by atoms with E-state index < -0.39 is 0 Å². The molecule has 3 rings (SSSR count). The molecule has 4 unspecified atom stereocenters. The van der Waals surface area contributed by atoms with Crippen molar-refractivity contribution < 1.29 is 4.79 Å². The first-order valence-corrected chi connectivity index (χ1v) is 9.07. The third kappa shape index (κ3) is 2.42. The van der Waals surface area contributed by atoms with Gasteiger partial charge < -0.3 is 4.90 Å². The Morgan fingerprint density at radius 2 is 1.81 bits per heavy atom. The van der Waals surface area contributed by atoms with Crippen LogP contribution in [-0.4, -0.2) is 28.6 Å². The van der Waals surface area contributed by atoms with Crippen LogP contribution in [0, 0.1) is 17.8 Å². The Kier molecular flexibility index (Phi) is 4.06. The molecule has 2 aliphatic carbocycles. The number of nitrogens with zero attached hydrogens (tertiary/aromatic N) is 1. The van der Waals surface area contributed by atoms with E-state index in [1.54, 1.807) is 0 Å². The topological polar surface area (TPSA) is 32.3 Å². The minimum Gasteiger partial charge on any atom is -0.322 e. The summed E-state index contributed by atoms with van der Waals surface area (Å²) >= 11 is 0. The summed E-state index contributed by atoms with van der Waals surface area (Å²) in [5, 5.41) is 3.77. The first-order valence-electron chi connectivity index (χ1n) is 9.07. The summed E-state index contributed by atoms with van der Waals surface area (Å²) < 4.78 is 0. The van der Waals surface area contributed by atoms with Crippen molar-refractivity contribution in [1.29, 1.82) is 0 Å². The molecule has 3 nitrogen and oxygen atoms in total. The number of nitrogens with one attached hydrogen (secondary N) is 1. The Bertz CT molecular complexity index is 400. The van der Waals surface area contributed by atoms with E-state index in [0.29, 0.717) is 23.8 Å². The van der Waals surface area contributed by atoms with Crippen LogP contribution in [0.15, 0.2) is 0 Å². The molecule has 0 radical (unpaired) electrons. The molecule has 1 spiro atoms. The molecule has 0 aromatic carbocycles. The van der Waals surface area contributed by atoms with Crippen LogP contribution in [-0.2, 0) is 4.79 Å². The Hall–Kier alpha value is -0.570. The van der Waals surface area contributed by atoms with Crippen LogP contribution in [0.25, 0.3) is 0 Å². The van der Waals surface area contributed by atoms with Gasteiger partial charge in [-0.05, 0) is 37.0 Å². The number of rotatable bonds is 2. The molecule has 2 saturated carbocycles. The van der Waals surface area contributed by atoms with Crippen LogP contribution in [0.1, 0.15) is 72.6 Å². The molecule has 1 N–H and O–H groups in total. The molecule has 1 heterocycles. The van der Waals surface area contributed by atoms with Crippen LogP contribution in [0.4, 0.5) is 0 Å². The van der Waals surface area contributed by atoms with Gasteiger partial charge in [0.05, 0.1) is 11.7 Å². The van der Waals surface area contributed by atoms with Gasteiger partial charge in [-0.15, -0.1) is 0 Å². The number of hydrogen-bond acceptors (Lipinski definition) is 2. The minimum absolute atomic E-state index is 0.213. The van der Waals surface area contributed by atoms with E-state index >= 15 is 0 Å². The summed E-state index contributed by atoms with van der Waals surface area (Å²) in [7, 11) is 0. The average Bonchev–Trinajstić information content (AvgIpc) is 3.02. The summed E-state index contributed by atoms with van der Waals surface area (Å²) in [6.45, 7) is 9.23. The van der Waals surface area contributed by atoms with Crippen molar-refractivity contribution in [2.24, 2.45) is 17.8 Å². The van der Waals surface area contributed by atoms with Crippen LogP contribution >= 0.6 is 0 Å². The summed E-state index contributed by atoms with van der Waals surface area (Å²) in [6.07, 6.45) is 8.53. The molecule has 1 amide bonds. The highest BCUT2D eigenvalue weighted by Gasteiger charge is 2.55. The molecule has 0 bridgehead atoms. The lowest BCUT2D eigenvalue weighted by atomic mass is 9.77. The zero-order chi connectivity index (χ0) is 15.2. The Labute approximate surface area is 129 Å². The van der Waals surface area contributed by atoms with Crippen LogP contribution in [0.5, 0.6) is 0 Å². The third-order valence-electron chi connectivity index (χ3n) is 6.48. The largest absolute Gasteiger partial charge is 0.322 e. The zero-order valence-electron chi connectivity index (χ0n) is 14.2. The first-order chi connectivity index (χ1) is 9.96. The van der Waals surface area contributed by atoms with Crippen LogP contribution < -0.4 is 5.32 Å². The molecule has 3 aliphatic rings. The standard InChI is InChI=1S/C18H32N2O/c1-12(2)16-19-18(10-5-6-11-18)17(21)20(16)15-9-7-8-13(3)14(15)4/h12-16,19H,5-11H2,1-4H3. The smallest absolute Gasteiger partial charge is 0.244 e. The van der Waals surface area contributed by atoms with Crippen molar-refractivity contribution in [3.05, 3.63) is 0 Å². The molecular weight excluding hydrogens is 260 g/mol. The fraction of sp³-hybridized carbons (Fsp3) is 0.944. The van der Waals surface area contributed by atoms with Gasteiger partial charge in [-0.1, -0.05) is 53.4 Å². The van der Waals surface area contributed by atoms with Gasteiger partial charge in [0.25, 0.3) is 0 Å². The number of carbonyl (C=O) groups excluding carboxylic acids is 1. The Morgan fingerprint density at radius 1 is 1.14 bits per heavy atom. The molecule has 3 fully saturated rings. The van der Waals surface area contributed by atoms with Crippen molar-refractivity contribution in [3.63, 3.8) is 0 Å². The molecule has 3 heteroatoms. The normalized spacial score (nSPS) is 39.7. The van der Waals surface area contributed by atoms with E-state index in [9.17, 15) is 4.79 Å². The van der Waals surface area contributed by atoms with Crippen molar-refractivity contribution in [3.8, 4) is 0 Å². The van der Waals surface area contributed by atoms with Gasteiger partial charge in [-0.2, -0.15) is 0 Å². The van der Waals surface area contributed by atoms with Crippen molar-refractivity contribution in [2.75, 3.05) is 0 Å². The van der Waals surface area contributed by atoms with E-state index in [0.717, 1.165) is 18.8 Å². The van der Waals surface area contributed by atoms with E-state index in [-0.39, 0.29) is 11.7 Å². The minimum atomic E-state index is -0.213. The maximum absolute atomic E-state index is 13.3. The summed E-state index contributed by atoms with van der Waals surface area (Å²) in [6, 6.07) is 0.445. The number of carbonyl (C=O) groups is 1. The highest BCUT2D eigenvalue weighted by molar-refractivity contribution is 5.89. The predicted octanol–water partition coefficient (Wildman–Crippen LogP) is 3.54. The van der Waals surface area contributed by atoms with E-state index in [2.05, 4.69) is 37.9 Å². The zero-order valence-corrected chi connectivity index (χ0v) is 14.2. The molecule has 4 atom stereocenters. The lowest BCUT2D eigenvalue weighted by Gasteiger charge is -2.43. The second-order valence-electron chi connectivity index (χ2n) is 8.17. The summed E-state index contributed by atoms with van der Waals surface area (Å²) in [5.41, 5.74) is -0.213. The molecular formula is C18H32N2O. The lowest BCUT2D eigenvalue weighted by Crippen LogP contribution is -2.52. The van der Waals surface area contributed by atoms with Crippen molar-refractivity contribution >= 4 is 5.91 Å². The van der Waals surface area contributed by atoms with E-state index in [1.807, 2.05) is 0 Å². The van der Waals surface area contributed by atoms with Gasteiger partial charge >= 0.3 is 0 Å². The summed E-state index contributed by atoms with van der Waals surface area (Å²) in [4.78, 5) is 15.5. The maximum Gasteiger partial charge on any atom is 0.244 e. The first kappa shape index (κ1) is 15.3. The monoisotopic (exact) mass is 292 g/mol. The molecule has 1 saturated heterocycles. The second kappa shape index (κ2) is 5.57. The van der Waals surface area contributed by atoms with Crippen LogP contribution in [0.3, 0.4) is 0 Å². The second-order valence-corrected chi connectivity index (χ2v) is 8.17. The number of hydrogen-bond donors (Lipinski definition) is 1. The quantitative estimate of drug-likeness (QED) is 0.844. The fourth-order valence-electron chi connectivity index (χ4n) is 4.92. The van der Waals surface area contributed by atoms with Gasteiger partial charge in [0, 0.05) is 6.04 Å².